The number of aromatic amines is 1. The van der Waals surface area contributed by atoms with Crippen molar-refractivity contribution in [1.82, 2.24) is 20.4 Å². The Morgan fingerprint density at radius 2 is 2.00 bits per heavy atom. The van der Waals surface area contributed by atoms with E-state index in [2.05, 4.69) is 20.4 Å². The van der Waals surface area contributed by atoms with Crippen LogP contribution in [0.5, 0.6) is 0 Å². The quantitative estimate of drug-likeness (QED) is 0.859. The fourth-order valence-electron chi connectivity index (χ4n) is 4.43. The molecule has 3 heterocycles. The Morgan fingerprint density at radius 3 is 2.85 bits per heavy atom. The third-order valence-corrected chi connectivity index (χ3v) is 6.02. The molecule has 4 rings (SSSR count). The van der Waals surface area contributed by atoms with Gasteiger partial charge in [-0.2, -0.15) is 5.10 Å². The second kappa shape index (κ2) is 7.80. The molecule has 0 radical (unpaired) electrons. The van der Waals surface area contributed by atoms with Crippen LogP contribution in [0.4, 0.5) is 0 Å². The number of halogens is 1. The van der Waals surface area contributed by atoms with Crippen LogP contribution in [-0.4, -0.2) is 46.7 Å². The van der Waals surface area contributed by atoms with Gasteiger partial charge in [0, 0.05) is 23.2 Å². The number of fused-ring (bicyclic) bond motifs is 1. The van der Waals surface area contributed by atoms with E-state index in [1.54, 1.807) is 6.20 Å². The lowest BCUT2D eigenvalue weighted by molar-refractivity contribution is 0.0576. The number of aromatic nitrogens is 2. The summed E-state index contributed by atoms with van der Waals surface area (Å²) in [6.07, 6.45) is 7.94. The lowest BCUT2D eigenvalue weighted by Crippen LogP contribution is -2.51. The van der Waals surface area contributed by atoms with Gasteiger partial charge in [-0.25, -0.2) is 0 Å². The van der Waals surface area contributed by atoms with E-state index in [9.17, 15) is 4.79 Å². The number of carbonyl (C=O) groups excluding carboxylic acids is 1. The number of rotatable bonds is 4. The average molecular weight is 373 g/mol. The van der Waals surface area contributed by atoms with Crippen molar-refractivity contribution >= 4 is 17.5 Å². The largest absolute Gasteiger partial charge is 0.352 e. The normalized spacial score (nSPS) is 23.4. The van der Waals surface area contributed by atoms with Gasteiger partial charge in [0.1, 0.15) is 0 Å². The molecule has 1 amide bonds. The molecule has 6 heteroatoms. The van der Waals surface area contributed by atoms with Crippen LogP contribution in [0.3, 0.4) is 0 Å². The van der Waals surface area contributed by atoms with E-state index in [0.717, 1.165) is 17.8 Å². The van der Waals surface area contributed by atoms with Crippen molar-refractivity contribution in [3.8, 4) is 11.3 Å². The molecule has 0 bridgehead atoms. The van der Waals surface area contributed by atoms with Crippen molar-refractivity contribution in [1.29, 1.82) is 0 Å². The van der Waals surface area contributed by atoms with Crippen molar-refractivity contribution in [3.63, 3.8) is 0 Å². The smallest absolute Gasteiger partial charge is 0.255 e. The first-order valence-electron chi connectivity index (χ1n) is 9.54. The van der Waals surface area contributed by atoms with Gasteiger partial charge in [0.05, 0.1) is 17.5 Å². The summed E-state index contributed by atoms with van der Waals surface area (Å²) in [5.74, 6) is 0.496. The molecule has 5 nitrogen and oxygen atoms in total. The zero-order chi connectivity index (χ0) is 17.9. The summed E-state index contributed by atoms with van der Waals surface area (Å²) in [6.45, 7) is 3.18. The number of nitrogens with one attached hydrogen (secondary N) is 2. The molecule has 2 fully saturated rings. The van der Waals surface area contributed by atoms with Gasteiger partial charge in [0.2, 0.25) is 0 Å². The number of hydrogen-bond acceptors (Lipinski definition) is 3. The standard InChI is InChI=1S/C20H25ClN4O/c21-16-8-6-14(7-9-16)19-17(13-23-24-19)20(26)22-12-15-4-3-11-25-10-2-1-5-18(15)25/h6-9,13,15,18H,1-5,10-12H2,(H,22,26)(H,23,24). The highest BCUT2D eigenvalue weighted by molar-refractivity contribution is 6.30. The van der Waals surface area contributed by atoms with Gasteiger partial charge in [-0.05, 0) is 56.8 Å². The van der Waals surface area contributed by atoms with E-state index in [1.165, 1.54) is 45.2 Å². The molecule has 1 aromatic heterocycles. The highest BCUT2D eigenvalue weighted by atomic mass is 35.5. The topological polar surface area (TPSA) is 61.0 Å². The first-order valence-corrected chi connectivity index (χ1v) is 9.92. The Hall–Kier alpha value is -1.85. The molecule has 2 aliphatic heterocycles. The fourth-order valence-corrected chi connectivity index (χ4v) is 4.56. The first-order chi connectivity index (χ1) is 12.7. The average Bonchev–Trinajstić information content (AvgIpc) is 3.16. The van der Waals surface area contributed by atoms with E-state index >= 15 is 0 Å². The molecule has 0 saturated carbocycles. The van der Waals surface area contributed by atoms with E-state index in [-0.39, 0.29) is 5.91 Å². The van der Waals surface area contributed by atoms with Gasteiger partial charge in [0.25, 0.3) is 5.91 Å². The lowest BCUT2D eigenvalue weighted by Gasteiger charge is -2.44. The molecule has 138 valence electrons. The number of nitrogens with zero attached hydrogens (tertiary/aromatic N) is 2. The Morgan fingerprint density at radius 1 is 1.19 bits per heavy atom. The monoisotopic (exact) mass is 372 g/mol. The minimum absolute atomic E-state index is 0.0587. The van der Waals surface area contributed by atoms with Crippen LogP contribution in [0.1, 0.15) is 42.5 Å². The van der Waals surface area contributed by atoms with Gasteiger partial charge in [-0.15, -0.1) is 0 Å². The number of H-pyrrole nitrogens is 1. The summed E-state index contributed by atoms with van der Waals surface area (Å²) in [6, 6.07) is 8.07. The summed E-state index contributed by atoms with van der Waals surface area (Å²) in [4.78, 5) is 15.4. The van der Waals surface area contributed by atoms with Crippen LogP contribution in [0.15, 0.2) is 30.5 Å². The SMILES string of the molecule is O=C(NCC1CCCN2CCCCC12)c1cn[nH]c1-c1ccc(Cl)cc1. The molecule has 2 N–H and O–H groups in total. The van der Waals surface area contributed by atoms with Crippen molar-refractivity contribution < 1.29 is 4.79 Å². The highest BCUT2D eigenvalue weighted by Gasteiger charge is 2.33. The third kappa shape index (κ3) is 3.64. The molecular weight excluding hydrogens is 348 g/mol. The van der Waals surface area contributed by atoms with Crippen LogP contribution in [0.2, 0.25) is 5.02 Å². The molecule has 2 saturated heterocycles. The summed E-state index contributed by atoms with van der Waals surface area (Å²) in [7, 11) is 0. The molecule has 2 aliphatic rings. The van der Waals surface area contributed by atoms with E-state index in [0.29, 0.717) is 22.5 Å². The fraction of sp³-hybridized carbons (Fsp3) is 0.500. The summed E-state index contributed by atoms with van der Waals surface area (Å²) >= 11 is 5.96. The van der Waals surface area contributed by atoms with E-state index < -0.39 is 0 Å². The Labute approximate surface area is 159 Å². The summed E-state index contributed by atoms with van der Waals surface area (Å²) in [5.41, 5.74) is 2.24. The van der Waals surface area contributed by atoms with E-state index in [4.69, 9.17) is 11.6 Å². The Bertz CT molecular complexity index is 755. The minimum Gasteiger partial charge on any atom is -0.352 e. The van der Waals surface area contributed by atoms with Crippen LogP contribution in [-0.2, 0) is 0 Å². The van der Waals surface area contributed by atoms with Crippen LogP contribution < -0.4 is 5.32 Å². The van der Waals surface area contributed by atoms with Gasteiger partial charge < -0.3 is 10.2 Å². The molecule has 2 atom stereocenters. The van der Waals surface area contributed by atoms with Crippen LogP contribution in [0.25, 0.3) is 11.3 Å². The zero-order valence-electron chi connectivity index (χ0n) is 14.9. The summed E-state index contributed by atoms with van der Waals surface area (Å²) in [5, 5.41) is 10.9. The third-order valence-electron chi connectivity index (χ3n) is 5.77. The lowest BCUT2D eigenvalue weighted by atomic mass is 9.83. The van der Waals surface area contributed by atoms with Crippen LogP contribution >= 0.6 is 11.6 Å². The van der Waals surface area contributed by atoms with Gasteiger partial charge in [0.15, 0.2) is 0 Å². The molecular formula is C20H25ClN4O. The highest BCUT2D eigenvalue weighted by Crippen LogP contribution is 2.30. The number of piperidine rings is 2. The predicted molar refractivity (Wildman–Crippen MR) is 103 cm³/mol. The molecule has 0 aliphatic carbocycles. The number of carbonyl (C=O) groups is 1. The van der Waals surface area contributed by atoms with Crippen molar-refractivity contribution in [2.75, 3.05) is 19.6 Å². The number of hydrogen-bond donors (Lipinski definition) is 2. The maximum Gasteiger partial charge on any atom is 0.255 e. The zero-order valence-corrected chi connectivity index (χ0v) is 15.6. The van der Waals surface area contributed by atoms with Crippen molar-refractivity contribution in [3.05, 3.63) is 41.0 Å². The predicted octanol–water partition coefficient (Wildman–Crippen LogP) is 3.72. The Balaban J connectivity index is 1.43. The molecule has 1 aromatic carbocycles. The van der Waals surface area contributed by atoms with Crippen molar-refractivity contribution in [2.45, 2.75) is 38.1 Å². The van der Waals surface area contributed by atoms with E-state index in [1.807, 2.05) is 24.3 Å². The Kier molecular flexibility index (Phi) is 5.27. The van der Waals surface area contributed by atoms with Crippen molar-refractivity contribution in [2.24, 2.45) is 5.92 Å². The van der Waals surface area contributed by atoms with Gasteiger partial charge >= 0.3 is 0 Å². The maximum atomic E-state index is 12.8. The first kappa shape index (κ1) is 17.6. The molecule has 26 heavy (non-hydrogen) atoms. The second-order valence-corrected chi connectivity index (χ2v) is 7.81. The minimum atomic E-state index is -0.0587. The maximum absolute atomic E-state index is 12.8. The number of benzene rings is 1. The molecule has 0 spiro atoms. The number of amides is 1. The molecule has 2 aromatic rings. The molecule has 2 unspecified atom stereocenters. The van der Waals surface area contributed by atoms with Gasteiger partial charge in [-0.1, -0.05) is 30.2 Å². The van der Waals surface area contributed by atoms with Crippen LogP contribution in [0, 0.1) is 5.92 Å². The second-order valence-electron chi connectivity index (χ2n) is 7.38. The summed E-state index contributed by atoms with van der Waals surface area (Å²) < 4.78 is 0. The van der Waals surface area contributed by atoms with Gasteiger partial charge in [-0.3, -0.25) is 9.89 Å².